The first-order chi connectivity index (χ1) is 4.81. The summed E-state index contributed by atoms with van der Waals surface area (Å²) in [5.74, 6) is 0.691. The molecular formula is C8H10OS. The summed E-state index contributed by atoms with van der Waals surface area (Å²) in [7, 11) is 0. The largest absolute Gasteiger partial charge is 0.282 e. The molecule has 0 aliphatic heterocycles. The highest BCUT2D eigenvalue weighted by Crippen LogP contribution is 2.01. The van der Waals surface area contributed by atoms with Crippen molar-refractivity contribution in [3.05, 3.63) is 37.5 Å². The van der Waals surface area contributed by atoms with Gasteiger partial charge in [0.05, 0.1) is 0 Å². The predicted molar refractivity (Wildman–Crippen MR) is 47.0 cm³/mol. The molecular weight excluding hydrogens is 144 g/mol. The fourth-order valence-corrected chi connectivity index (χ4v) is 0.830. The number of hydrogen-bond acceptors (Lipinski definition) is 2. The zero-order valence-corrected chi connectivity index (χ0v) is 6.56. The van der Waals surface area contributed by atoms with Crippen molar-refractivity contribution in [1.29, 1.82) is 0 Å². The van der Waals surface area contributed by atoms with Crippen LogP contribution in [0.2, 0.25) is 0 Å². The minimum atomic E-state index is 0.00807. The standard InChI is InChI=1S/C8H10OS/c1-3-5-6-7-10-8(9)4-2/h3-6H,1-2,7H2/b6-5+. The van der Waals surface area contributed by atoms with Crippen LogP contribution in [-0.4, -0.2) is 10.9 Å². The molecule has 0 aromatic heterocycles. The third-order valence-corrected chi connectivity index (χ3v) is 1.57. The van der Waals surface area contributed by atoms with Gasteiger partial charge >= 0.3 is 0 Å². The Kier molecular flexibility index (Phi) is 5.88. The smallest absolute Gasteiger partial charge is 0.211 e. The first kappa shape index (κ1) is 9.24. The molecule has 54 valence electrons. The van der Waals surface area contributed by atoms with Crippen LogP contribution < -0.4 is 0 Å². The average molecular weight is 154 g/mol. The lowest BCUT2D eigenvalue weighted by Crippen LogP contribution is -1.83. The van der Waals surface area contributed by atoms with Gasteiger partial charge in [-0.25, -0.2) is 0 Å². The van der Waals surface area contributed by atoms with E-state index in [9.17, 15) is 4.79 Å². The molecule has 0 saturated heterocycles. The van der Waals surface area contributed by atoms with E-state index in [0.29, 0.717) is 5.75 Å². The number of carbonyl (C=O) groups excluding carboxylic acids is 1. The SMILES string of the molecule is C=C/C=C/CSC(=O)C=C. The van der Waals surface area contributed by atoms with Crippen LogP contribution in [0.5, 0.6) is 0 Å². The van der Waals surface area contributed by atoms with Crippen LogP contribution in [0.15, 0.2) is 37.5 Å². The predicted octanol–water partition coefficient (Wildman–Crippen LogP) is 2.17. The highest BCUT2D eigenvalue weighted by molar-refractivity contribution is 8.14. The minimum Gasteiger partial charge on any atom is -0.282 e. The summed E-state index contributed by atoms with van der Waals surface area (Å²) in [5.41, 5.74) is 0. The first-order valence-corrected chi connectivity index (χ1v) is 3.86. The fraction of sp³-hybridized carbons (Fsp3) is 0.125. The topological polar surface area (TPSA) is 17.1 Å². The zero-order chi connectivity index (χ0) is 7.82. The Morgan fingerprint density at radius 1 is 1.50 bits per heavy atom. The summed E-state index contributed by atoms with van der Waals surface area (Å²) in [6, 6.07) is 0. The monoisotopic (exact) mass is 154 g/mol. The van der Waals surface area contributed by atoms with E-state index < -0.39 is 0 Å². The molecule has 0 heterocycles. The van der Waals surface area contributed by atoms with Crippen molar-refractivity contribution in [2.45, 2.75) is 0 Å². The normalized spacial score (nSPS) is 9.60. The number of thioether (sulfide) groups is 1. The lowest BCUT2D eigenvalue weighted by atomic mass is 10.5. The molecule has 0 unspecified atom stereocenters. The Labute approximate surface area is 65.5 Å². The molecule has 0 aromatic carbocycles. The highest BCUT2D eigenvalue weighted by atomic mass is 32.2. The fourth-order valence-electron chi connectivity index (χ4n) is 0.341. The van der Waals surface area contributed by atoms with Crippen LogP contribution in [0.4, 0.5) is 0 Å². The number of allylic oxidation sites excluding steroid dienone is 2. The molecule has 0 spiro atoms. The second kappa shape index (κ2) is 6.36. The van der Waals surface area contributed by atoms with Crippen LogP contribution >= 0.6 is 11.8 Å². The quantitative estimate of drug-likeness (QED) is 0.456. The van der Waals surface area contributed by atoms with E-state index in [1.807, 2.05) is 12.2 Å². The van der Waals surface area contributed by atoms with Crippen molar-refractivity contribution in [3.63, 3.8) is 0 Å². The lowest BCUT2D eigenvalue weighted by molar-refractivity contribution is -0.107. The molecule has 0 atom stereocenters. The van der Waals surface area contributed by atoms with Crippen molar-refractivity contribution in [2.75, 3.05) is 5.75 Å². The molecule has 0 aliphatic rings. The van der Waals surface area contributed by atoms with Gasteiger partial charge in [0.25, 0.3) is 0 Å². The van der Waals surface area contributed by atoms with Gasteiger partial charge in [-0.2, -0.15) is 0 Å². The second-order valence-corrected chi connectivity index (χ2v) is 2.52. The molecule has 2 heteroatoms. The van der Waals surface area contributed by atoms with E-state index in [2.05, 4.69) is 13.2 Å². The van der Waals surface area contributed by atoms with Gasteiger partial charge in [-0.1, -0.05) is 43.1 Å². The van der Waals surface area contributed by atoms with Gasteiger partial charge in [-0.15, -0.1) is 0 Å². The van der Waals surface area contributed by atoms with Crippen molar-refractivity contribution in [2.24, 2.45) is 0 Å². The molecule has 10 heavy (non-hydrogen) atoms. The van der Waals surface area contributed by atoms with Gasteiger partial charge < -0.3 is 0 Å². The third kappa shape index (κ3) is 5.38. The Morgan fingerprint density at radius 2 is 2.20 bits per heavy atom. The van der Waals surface area contributed by atoms with Crippen LogP contribution in [-0.2, 0) is 4.79 Å². The van der Waals surface area contributed by atoms with E-state index >= 15 is 0 Å². The molecule has 0 rings (SSSR count). The zero-order valence-electron chi connectivity index (χ0n) is 5.75. The molecule has 0 aliphatic carbocycles. The molecule has 0 fully saturated rings. The Bertz CT molecular complexity index is 159. The Morgan fingerprint density at radius 3 is 2.70 bits per heavy atom. The minimum absolute atomic E-state index is 0.00807. The summed E-state index contributed by atoms with van der Waals surface area (Å²) in [6.07, 6.45) is 6.67. The first-order valence-electron chi connectivity index (χ1n) is 2.88. The molecule has 0 amide bonds. The average Bonchev–Trinajstić information content (AvgIpc) is 1.98. The van der Waals surface area contributed by atoms with Crippen molar-refractivity contribution in [1.82, 2.24) is 0 Å². The summed E-state index contributed by atoms with van der Waals surface area (Å²) < 4.78 is 0. The maximum Gasteiger partial charge on any atom is 0.211 e. The second-order valence-electron chi connectivity index (χ2n) is 1.50. The van der Waals surface area contributed by atoms with Crippen LogP contribution in [0.1, 0.15) is 0 Å². The van der Waals surface area contributed by atoms with Crippen molar-refractivity contribution < 1.29 is 4.79 Å². The van der Waals surface area contributed by atoms with Crippen molar-refractivity contribution >= 4 is 16.9 Å². The van der Waals surface area contributed by atoms with E-state index in [4.69, 9.17) is 0 Å². The molecule has 1 nitrogen and oxygen atoms in total. The van der Waals surface area contributed by atoms with Gasteiger partial charge in [-0.05, 0) is 6.08 Å². The number of carbonyl (C=O) groups is 1. The van der Waals surface area contributed by atoms with Crippen molar-refractivity contribution in [3.8, 4) is 0 Å². The van der Waals surface area contributed by atoms with Crippen LogP contribution in [0.25, 0.3) is 0 Å². The maximum absolute atomic E-state index is 10.6. The summed E-state index contributed by atoms with van der Waals surface area (Å²) in [4.78, 5) is 10.6. The van der Waals surface area contributed by atoms with E-state index in [-0.39, 0.29) is 5.12 Å². The summed E-state index contributed by atoms with van der Waals surface area (Å²) in [6.45, 7) is 6.84. The van der Waals surface area contributed by atoms with Gasteiger partial charge in [0.1, 0.15) is 0 Å². The molecule has 0 radical (unpaired) electrons. The van der Waals surface area contributed by atoms with E-state index in [1.54, 1.807) is 6.08 Å². The van der Waals surface area contributed by atoms with Gasteiger partial charge in [0.2, 0.25) is 5.12 Å². The number of rotatable bonds is 4. The van der Waals surface area contributed by atoms with Crippen LogP contribution in [0, 0.1) is 0 Å². The lowest BCUT2D eigenvalue weighted by Gasteiger charge is -1.86. The highest BCUT2D eigenvalue weighted by Gasteiger charge is 1.90. The molecule has 0 N–H and O–H groups in total. The molecule has 0 saturated carbocycles. The van der Waals surface area contributed by atoms with Gasteiger partial charge in [-0.3, -0.25) is 4.79 Å². The van der Waals surface area contributed by atoms with Gasteiger partial charge in [0.15, 0.2) is 0 Å². The summed E-state index contributed by atoms with van der Waals surface area (Å²) in [5, 5.41) is 0.00807. The van der Waals surface area contributed by atoms with Gasteiger partial charge in [0, 0.05) is 5.75 Å². The summed E-state index contributed by atoms with van der Waals surface area (Å²) >= 11 is 1.22. The molecule has 0 aromatic rings. The Hall–Kier alpha value is -0.760. The van der Waals surface area contributed by atoms with E-state index in [0.717, 1.165) is 0 Å². The number of hydrogen-bond donors (Lipinski definition) is 0. The molecule has 0 bridgehead atoms. The van der Waals surface area contributed by atoms with Crippen LogP contribution in [0.3, 0.4) is 0 Å². The Balaban J connectivity index is 3.36. The third-order valence-electron chi connectivity index (χ3n) is 0.761. The maximum atomic E-state index is 10.6. The van der Waals surface area contributed by atoms with E-state index in [1.165, 1.54) is 17.8 Å².